The molecule has 0 aromatic heterocycles. The summed E-state index contributed by atoms with van der Waals surface area (Å²) in [6, 6.07) is 9.67. The molecule has 0 N–H and O–H groups in total. The van der Waals surface area contributed by atoms with Gasteiger partial charge in [0.15, 0.2) is 0 Å². The summed E-state index contributed by atoms with van der Waals surface area (Å²) >= 11 is 0. The average Bonchev–Trinajstić information content (AvgIpc) is 2.38. The molecule has 1 aliphatic carbocycles. The lowest BCUT2D eigenvalue weighted by molar-refractivity contribution is 0.141. The van der Waals surface area contributed by atoms with Crippen molar-refractivity contribution in [2.75, 3.05) is 13.1 Å². The molecule has 0 radical (unpaired) electrons. The third-order valence-corrected chi connectivity index (χ3v) is 4.67. The average molecular weight is 241 g/mol. The van der Waals surface area contributed by atoms with Crippen LogP contribution >= 0.6 is 0 Å². The van der Waals surface area contributed by atoms with E-state index < -0.39 is 0 Å². The zero-order valence-corrected chi connectivity index (χ0v) is 11.7. The lowest BCUT2D eigenvalue weighted by Crippen LogP contribution is -2.43. The highest BCUT2D eigenvalue weighted by molar-refractivity contribution is 5.70. The maximum Gasteiger partial charge on any atom is 0.00532 e. The van der Waals surface area contributed by atoms with E-state index in [2.05, 4.69) is 56.0 Å². The van der Waals surface area contributed by atoms with Gasteiger partial charge in [-0.3, -0.25) is 0 Å². The zero-order valence-electron chi connectivity index (χ0n) is 11.7. The van der Waals surface area contributed by atoms with Crippen molar-refractivity contribution in [1.29, 1.82) is 0 Å². The van der Waals surface area contributed by atoms with Gasteiger partial charge >= 0.3 is 0 Å². The molecule has 2 atom stereocenters. The Morgan fingerprint density at radius 1 is 1.22 bits per heavy atom. The first-order chi connectivity index (χ1) is 8.66. The molecule has 3 rings (SSSR count). The Morgan fingerprint density at radius 2 is 2.00 bits per heavy atom. The van der Waals surface area contributed by atoms with Gasteiger partial charge in [-0.05, 0) is 62.3 Å². The summed E-state index contributed by atoms with van der Waals surface area (Å²) in [6.45, 7) is 9.37. The first-order valence-corrected chi connectivity index (χ1v) is 7.18. The number of fused-ring (bicyclic) bond motifs is 3. The van der Waals surface area contributed by atoms with Gasteiger partial charge in [-0.15, -0.1) is 0 Å². The van der Waals surface area contributed by atoms with Crippen LogP contribution in [0.25, 0.3) is 5.57 Å². The van der Waals surface area contributed by atoms with Gasteiger partial charge < -0.3 is 4.90 Å². The van der Waals surface area contributed by atoms with Crippen LogP contribution in [0.5, 0.6) is 0 Å². The fourth-order valence-electron chi connectivity index (χ4n) is 3.62. The van der Waals surface area contributed by atoms with Crippen LogP contribution in [0.2, 0.25) is 0 Å². The van der Waals surface area contributed by atoms with Crippen molar-refractivity contribution in [3.8, 4) is 0 Å². The lowest BCUT2D eigenvalue weighted by atomic mass is 9.73. The Kier molecular flexibility index (Phi) is 3.03. The van der Waals surface area contributed by atoms with Crippen molar-refractivity contribution >= 4 is 5.57 Å². The monoisotopic (exact) mass is 241 g/mol. The van der Waals surface area contributed by atoms with Crippen LogP contribution in [0.15, 0.2) is 30.3 Å². The van der Waals surface area contributed by atoms with Crippen LogP contribution in [0.1, 0.15) is 44.2 Å². The summed E-state index contributed by atoms with van der Waals surface area (Å²) in [7, 11) is 0. The number of likely N-dealkylation sites (tertiary alicyclic amines) is 1. The Labute approximate surface area is 111 Å². The van der Waals surface area contributed by atoms with Crippen molar-refractivity contribution in [3.63, 3.8) is 0 Å². The standard InChI is InChI=1S/C17H23N/c1-12(2)18-9-8-16-14(11-18)10-13(3)15-6-4-5-7-17(15)16/h4-7,10,12,14,16H,8-9,11H2,1-3H3/t14-,16-/m1/s1. The van der Waals surface area contributed by atoms with Crippen molar-refractivity contribution in [3.05, 3.63) is 41.5 Å². The molecular weight excluding hydrogens is 218 g/mol. The maximum atomic E-state index is 2.62. The minimum Gasteiger partial charge on any atom is -0.300 e. The molecule has 1 fully saturated rings. The molecule has 0 spiro atoms. The van der Waals surface area contributed by atoms with E-state index in [1.807, 2.05) is 0 Å². The third-order valence-electron chi connectivity index (χ3n) is 4.67. The van der Waals surface area contributed by atoms with Gasteiger partial charge in [0, 0.05) is 12.6 Å². The van der Waals surface area contributed by atoms with Gasteiger partial charge in [0.25, 0.3) is 0 Å². The third kappa shape index (κ3) is 1.91. The molecule has 1 aromatic carbocycles. The molecule has 2 aliphatic rings. The number of nitrogens with zero attached hydrogens (tertiary/aromatic N) is 1. The smallest absolute Gasteiger partial charge is 0.00532 e. The predicted molar refractivity (Wildman–Crippen MR) is 77.7 cm³/mol. The highest BCUT2D eigenvalue weighted by atomic mass is 15.2. The molecule has 1 aliphatic heterocycles. The Morgan fingerprint density at radius 3 is 2.78 bits per heavy atom. The summed E-state index contributed by atoms with van der Waals surface area (Å²) in [6.07, 6.45) is 3.82. The van der Waals surface area contributed by atoms with E-state index in [0.717, 1.165) is 11.8 Å². The molecule has 0 bridgehead atoms. The zero-order chi connectivity index (χ0) is 12.7. The van der Waals surface area contributed by atoms with Crippen molar-refractivity contribution in [1.82, 2.24) is 4.90 Å². The maximum absolute atomic E-state index is 2.62. The Bertz CT molecular complexity index is 472. The summed E-state index contributed by atoms with van der Waals surface area (Å²) in [5.74, 6) is 1.47. The van der Waals surface area contributed by atoms with Gasteiger partial charge in [-0.25, -0.2) is 0 Å². The van der Waals surface area contributed by atoms with E-state index in [-0.39, 0.29) is 0 Å². The van der Waals surface area contributed by atoms with Gasteiger partial charge in [0.1, 0.15) is 0 Å². The highest BCUT2D eigenvalue weighted by Crippen LogP contribution is 2.42. The molecule has 0 unspecified atom stereocenters. The number of rotatable bonds is 1. The molecule has 1 nitrogen and oxygen atoms in total. The summed E-state index contributed by atoms with van der Waals surface area (Å²) < 4.78 is 0. The molecule has 0 saturated carbocycles. The summed E-state index contributed by atoms with van der Waals surface area (Å²) in [5, 5.41) is 0. The largest absolute Gasteiger partial charge is 0.300 e. The molecular formula is C17H23N. The second-order valence-electron chi connectivity index (χ2n) is 6.08. The van der Waals surface area contributed by atoms with Crippen LogP contribution in [-0.2, 0) is 0 Å². The van der Waals surface area contributed by atoms with Gasteiger partial charge in [-0.1, -0.05) is 30.3 Å². The normalized spacial score (nSPS) is 27.7. The highest BCUT2D eigenvalue weighted by Gasteiger charge is 2.33. The van der Waals surface area contributed by atoms with E-state index >= 15 is 0 Å². The molecule has 1 saturated heterocycles. The molecule has 1 aromatic rings. The second kappa shape index (κ2) is 4.55. The minimum absolute atomic E-state index is 0.678. The number of benzene rings is 1. The van der Waals surface area contributed by atoms with E-state index in [1.165, 1.54) is 30.6 Å². The topological polar surface area (TPSA) is 3.24 Å². The molecule has 1 heteroatoms. The summed E-state index contributed by atoms with van der Waals surface area (Å²) in [5.41, 5.74) is 4.54. The van der Waals surface area contributed by atoms with Crippen molar-refractivity contribution in [2.45, 2.75) is 39.2 Å². The first-order valence-electron chi connectivity index (χ1n) is 7.18. The molecule has 18 heavy (non-hydrogen) atoms. The number of hydrogen-bond donors (Lipinski definition) is 0. The van der Waals surface area contributed by atoms with E-state index in [0.29, 0.717) is 6.04 Å². The number of piperidine rings is 1. The molecule has 0 amide bonds. The van der Waals surface area contributed by atoms with Crippen LogP contribution in [0.3, 0.4) is 0 Å². The van der Waals surface area contributed by atoms with Crippen LogP contribution in [-0.4, -0.2) is 24.0 Å². The van der Waals surface area contributed by atoms with Crippen LogP contribution in [0, 0.1) is 5.92 Å². The Hall–Kier alpha value is -1.08. The van der Waals surface area contributed by atoms with E-state index in [9.17, 15) is 0 Å². The van der Waals surface area contributed by atoms with E-state index in [4.69, 9.17) is 0 Å². The van der Waals surface area contributed by atoms with Crippen molar-refractivity contribution in [2.24, 2.45) is 5.92 Å². The van der Waals surface area contributed by atoms with E-state index in [1.54, 1.807) is 5.56 Å². The first kappa shape index (κ1) is 12.0. The summed E-state index contributed by atoms with van der Waals surface area (Å²) in [4.78, 5) is 2.62. The number of allylic oxidation sites excluding steroid dienone is 1. The quantitative estimate of drug-likeness (QED) is 0.720. The predicted octanol–water partition coefficient (Wildman–Crippen LogP) is 3.92. The van der Waals surface area contributed by atoms with Gasteiger partial charge in [0.05, 0.1) is 0 Å². The minimum atomic E-state index is 0.678. The lowest BCUT2D eigenvalue weighted by Gasteiger charge is -2.42. The molecule has 96 valence electrons. The Balaban J connectivity index is 1.93. The second-order valence-corrected chi connectivity index (χ2v) is 6.08. The SMILES string of the molecule is CC1=C[C@@H]2CN(C(C)C)CC[C@H]2c2ccccc21. The van der Waals surface area contributed by atoms with Crippen molar-refractivity contribution < 1.29 is 0 Å². The van der Waals surface area contributed by atoms with Gasteiger partial charge in [-0.2, -0.15) is 0 Å². The molecule has 1 heterocycles. The van der Waals surface area contributed by atoms with Gasteiger partial charge in [0.2, 0.25) is 0 Å². The fraction of sp³-hybridized carbons (Fsp3) is 0.529. The van der Waals surface area contributed by atoms with Crippen LogP contribution in [0.4, 0.5) is 0 Å². The fourth-order valence-corrected chi connectivity index (χ4v) is 3.62. The number of hydrogen-bond acceptors (Lipinski definition) is 1. The van der Waals surface area contributed by atoms with Crippen LogP contribution < -0.4 is 0 Å².